The molecule has 0 radical (unpaired) electrons. The van der Waals surface area contributed by atoms with E-state index in [1.54, 1.807) is 11.3 Å². The van der Waals surface area contributed by atoms with Gasteiger partial charge in [-0.15, -0.1) is 11.3 Å². The number of benzene rings is 1. The van der Waals surface area contributed by atoms with Crippen LogP contribution in [-0.2, 0) is 0 Å². The predicted molar refractivity (Wildman–Crippen MR) is 81.7 cm³/mol. The topological polar surface area (TPSA) is 24.9 Å². The highest BCUT2D eigenvalue weighted by molar-refractivity contribution is 7.10. The van der Waals surface area contributed by atoms with Gasteiger partial charge in [0, 0.05) is 16.5 Å². The number of fused-ring (bicyclic) bond motifs is 1. The zero-order valence-electron chi connectivity index (χ0n) is 11.1. The number of thiophene rings is 1. The van der Waals surface area contributed by atoms with Crippen molar-refractivity contribution in [2.75, 3.05) is 7.05 Å². The Balaban J connectivity index is 2.09. The first kappa shape index (κ1) is 12.3. The van der Waals surface area contributed by atoms with Crippen LogP contribution in [-0.4, -0.2) is 12.0 Å². The number of nitrogens with zero attached hydrogens (tertiary/aromatic N) is 1. The summed E-state index contributed by atoms with van der Waals surface area (Å²) in [4.78, 5) is 5.91. The summed E-state index contributed by atoms with van der Waals surface area (Å²) in [5.74, 6) is 0. The van der Waals surface area contributed by atoms with Gasteiger partial charge in [0.25, 0.3) is 0 Å². The van der Waals surface area contributed by atoms with Gasteiger partial charge in [-0.1, -0.05) is 18.2 Å². The zero-order chi connectivity index (χ0) is 13.2. The standard InChI is InChI=1S/C16H16N2S/c1-11-7-8-19-16(11)15(17-2)13-9-12-5-3-4-6-14(12)18-10-13/h3-10,15,17H,1-2H3. The van der Waals surface area contributed by atoms with Gasteiger partial charge >= 0.3 is 0 Å². The molecule has 2 heterocycles. The number of nitrogens with one attached hydrogen (secondary N) is 1. The first-order valence-electron chi connectivity index (χ1n) is 6.35. The maximum absolute atomic E-state index is 4.55. The summed E-state index contributed by atoms with van der Waals surface area (Å²) in [5.41, 5.74) is 3.59. The third kappa shape index (κ3) is 2.27. The minimum absolute atomic E-state index is 0.220. The molecule has 19 heavy (non-hydrogen) atoms. The SMILES string of the molecule is CNC(c1cnc2ccccc2c1)c1sccc1C. The summed E-state index contributed by atoms with van der Waals surface area (Å²) >= 11 is 1.79. The van der Waals surface area contributed by atoms with E-state index in [1.165, 1.54) is 21.4 Å². The quantitative estimate of drug-likeness (QED) is 0.779. The lowest BCUT2D eigenvalue weighted by Crippen LogP contribution is -2.17. The summed E-state index contributed by atoms with van der Waals surface area (Å²) in [5, 5.41) is 6.73. The van der Waals surface area contributed by atoms with E-state index in [2.05, 4.69) is 46.9 Å². The maximum atomic E-state index is 4.55. The van der Waals surface area contributed by atoms with E-state index in [1.807, 2.05) is 25.4 Å². The minimum atomic E-state index is 0.220. The number of para-hydroxylation sites is 1. The highest BCUT2D eigenvalue weighted by Crippen LogP contribution is 2.30. The molecular weight excluding hydrogens is 252 g/mol. The summed E-state index contributed by atoms with van der Waals surface area (Å²) in [6.07, 6.45) is 1.97. The normalized spacial score (nSPS) is 12.7. The van der Waals surface area contributed by atoms with Gasteiger partial charge in [-0.05, 0) is 48.7 Å². The van der Waals surface area contributed by atoms with Gasteiger partial charge in [0.05, 0.1) is 11.6 Å². The van der Waals surface area contributed by atoms with Crippen molar-refractivity contribution in [2.45, 2.75) is 13.0 Å². The average molecular weight is 268 g/mol. The van der Waals surface area contributed by atoms with Gasteiger partial charge in [-0.25, -0.2) is 0 Å². The molecule has 96 valence electrons. The van der Waals surface area contributed by atoms with Crippen LogP contribution in [0.5, 0.6) is 0 Å². The molecule has 0 aliphatic heterocycles. The molecule has 3 heteroatoms. The Kier molecular flexibility index (Phi) is 3.32. The van der Waals surface area contributed by atoms with Crippen LogP contribution in [0.2, 0.25) is 0 Å². The van der Waals surface area contributed by atoms with Gasteiger partial charge < -0.3 is 5.32 Å². The Morgan fingerprint density at radius 2 is 2.05 bits per heavy atom. The molecule has 3 rings (SSSR count). The van der Waals surface area contributed by atoms with Crippen molar-refractivity contribution in [3.63, 3.8) is 0 Å². The molecule has 2 aromatic heterocycles. The summed E-state index contributed by atoms with van der Waals surface area (Å²) < 4.78 is 0. The van der Waals surface area contributed by atoms with Crippen molar-refractivity contribution >= 4 is 22.2 Å². The highest BCUT2D eigenvalue weighted by Gasteiger charge is 2.16. The van der Waals surface area contributed by atoms with Gasteiger partial charge in [0.1, 0.15) is 0 Å². The number of rotatable bonds is 3. The molecule has 2 nitrogen and oxygen atoms in total. The Hall–Kier alpha value is -1.71. The third-order valence-corrected chi connectivity index (χ3v) is 4.48. The molecule has 0 amide bonds. The molecule has 0 saturated heterocycles. The predicted octanol–water partition coefficient (Wildman–Crippen LogP) is 3.91. The van der Waals surface area contributed by atoms with E-state index in [0.717, 1.165) is 5.52 Å². The van der Waals surface area contributed by atoms with Crippen LogP contribution < -0.4 is 5.32 Å². The van der Waals surface area contributed by atoms with Gasteiger partial charge in [0.15, 0.2) is 0 Å². The highest BCUT2D eigenvalue weighted by atomic mass is 32.1. The van der Waals surface area contributed by atoms with Crippen LogP contribution >= 0.6 is 11.3 Å². The molecule has 0 aliphatic carbocycles. The maximum Gasteiger partial charge on any atom is 0.0702 e. The minimum Gasteiger partial charge on any atom is -0.309 e. The molecule has 1 aromatic carbocycles. The van der Waals surface area contributed by atoms with E-state index in [4.69, 9.17) is 0 Å². The van der Waals surface area contributed by atoms with Crippen LogP contribution in [0.3, 0.4) is 0 Å². The van der Waals surface area contributed by atoms with E-state index < -0.39 is 0 Å². The Labute approximate surface area is 117 Å². The third-order valence-electron chi connectivity index (χ3n) is 3.40. The fraction of sp³-hybridized carbons (Fsp3) is 0.188. The lowest BCUT2D eigenvalue weighted by atomic mass is 10.0. The van der Waals surface area contributed by atoms with Gasteiger partial charge in [-0.3, -0.25) is 4.98 Å². The fourth-order valence-electron chi connectivity index (χ4n) is 2.38. The van der Waals surface area contributed by atoms with E-state index >= 15 is 0 Å². The van der Waals surface area contributed by atoms with Crippen LogP contribution in [0.4, 0.5) is 0 Å². The average Bonchev–Trinajstić information content (AvgIpc) is 2.86. The van der Waals surface area contributed by atoms with Crippen LogP contribution in [0.25, 0.3) is 10.9 Å². The van der Waals surface area contributed by atoms with E-state index in [9.17, 15) is 0 Å². The van der Waals surface area contributed by atoms with Crippen molar-refractivity contribution < 1.29 is 0 Å². The molecule has 1 N–H and O–H groups in total. The van der Waals surface area contributed by atoms with Crippen molar-refractivity contribution in [2.24, 2.45) is 0 Å². The zero-order valence-corrected chi connectivity index (χ0v) is 11.9. The second kappa shape index (κ2) is 5.11. The lowest BCUT2D eigenvalue weighted by Gasteiger charge is -2.16. The van der Waals surface area contributed by atoms with Crippen molar-refractivity contribution in [1.29, 1.82) is 0 Å². The number of hydrogen-bond donors (Lipinski definition) is 1. The molecule has 1 atom stereocenters. The molecule has 0 bridgehead atoms. The number of pyridine rings is 1. The van der Waals surface area contributed by atoms with Gasteiger partial charge in [0.2, 0.25) is 0 Å². The van der Waals surface area contributed by atoms with Gasteiger partial charge in [-0.2, -0.15) is 0 Å². The summed E-state index contributed by atoms with van der Waals surface area (Å²) in [6, 6.07) is 12.8. The smallest absolute Gasteiger partial charge is 0.0702 e. The molecule has 1 unspecified atom stereocenters. The van der Waals surface area contributed by atoms with Crippen molar-refractivity contribution in [3.8, 4) is 0 Å². The summed E-state index contributed by atoms with van der Waals surface area (Å²) in [6.45, 7) is 2.16. The molecule has 0 saturated carbocycles. The summed E-state index contributed by atoms with van der Waals surface area (Å²) in [7, 11) is 2.00. The van der Waals surface area contributed by atoms with Crippen LogP contribution in [0.15, 0.2) is 48.0 Å². The monoisotopic (exact) mass is 268 g/mol. The van der Waals surface area contributed by atoms with Crippen molar-refractivity contribution in [1.82, 2.24) is 10.3 Å². The molecular formula is C16H16N2S. The van der Waals surface area contributed by atoms with Crippen LogP contribution in [0, 0.1) is 6.92 Å². The molecule has 3 aromatic rings. The Morgan fingerprint density at radius 3 is 2.79 bits per heavy atom. The number of aromatic nitrogens is 1. The number of aryl methyl sites for hydroxylation is 1. The lowest BCUT2D eigenvalue weighted by molar-refractivity contribution is 0.698. The van der Waals surface area contributed by atoms with Crippen LogP contribution in [0.1, 0.15) is 22.0 Å². The molecule has 0 aliphatic rings. The first-order valence-corrected chi connectivity index (χ1v) is 7.23. The number of hydrogen-bond acceptors (Lipinski definition) is 3. The molecule has 0 fully saturated rings. The van der Waals surface area contributed by atoms with E-state index in [-0.39, 0.29) is 6.04 Å². The second-order valence-electron chi connectivity index (χ2n) is 4.65. The van der Waals surface area contributed by atoms with Crippen molar-refractivity contribution in [3.05, 3.63) is 64.0 Å². The fourth-order valence-corrected chi connectivity index (χ4v) is 3.44. The van der Waals surface area contributed by atoms with E-state index in [0.29, 0.717) is 0 Å². The Bertz CT molecular complexity index is 703. The Morgan fingerprint density at radius 1 is 1.21 bits per heavy atom. The largest absolute Gasteiger partial charge is 0.309 e. The first-order chi connectivity index (χ1) is 9.29. The molecule has 0 spiro atoms. The second-order valence-corrected chi connectivity index (χ2v) is 5.60.